The van der Waals surface area contributed by atoms with Crippen LogP contribution in [-0.2, 0) is 14.4 Å². The van der Waals surface area contributed by atoms with Crippen LogP contribution in [-0.4, -0.2) is 92.4 Å². The Labute approximate surface area is 240 Å². The molecule has 1 spiro atoms. The van der Waals surface area contributed by atoms with Crippen molar-refractivity contribution in [1.82, 2.24) is 14.7 Å². The number of thioether (sulfide) groups is 1. The summed E-state index contributed by atoms with van der Waals surface area (Å²) >= 11 is 1.75. The predicted molar refractivity (Wildman–Crippen MR) is 159 cm³/mol. The second-order valence-corrected chi connectivity index (χ2v) is 13.6. The van der Waals surface area contributed by atoms with Crippen molar-refractivity contribution in [2.75, 3.05) is 39.3 Å². The van der Waals surface area contributed by atoms with Crippen molar-refractivity contribution in [1.29, 1.82) is 0 Å². The van der Waals surface area contributed by atoms with Crippen molar-refractivity contribution in [2.45, 2.75) is 101 Å². The molecule has 0 aliphatic carbocycles. The van der Waals surface area contributed by atoms with Crippen LogP contribution < -0.4 is 0 Å². The Morgan fingerprint density at radius 3 is 2.26 bits per heavy atom. The van der Waals surface area contributed by atoms with Crippen LogP contribution in [0.1, 0.15) is 85.0 Å². The summed E-state index contributed by atoms with van der Waals surface area (Å²) in [5, 5.41) is 9.17. The molecule has 3 aliphatic heterocycles. The van der Waals surface area contributed by atoms with E-state index in [1.807, 2.05) is 14.7 Å². The molecule has 3 amide bonds. The summed E-state index contributed by atoms with van der Waals surface area (Å²) < 4.78 is -0.938. The molecule has 3 rings (SSSR count). The second kappa shape index (κ2) is 14.2. The van der Waals surface area contributed by atoms with Crippen LogP contribution in [0.15, 0.2) is 25.3 Å². The Kier molecular flexibility index (Phi) is 11.6. The monoisotopic (exact) mass is 561 g/mol. The number of rotatable bonds is 18. The van der Waals surface area contributed by atoms with Crippen LogP contribution in [0, 0.1) is 11.8 Å². The minimum Gasteiger partial charge on any atom is -0.396 e. The van der Waals surface area contributed by atoms with Crippen LogP contribution in [0.2, 0.25) is 0 Å². The van der Waals surface area contributed by atoms with Crippen LogP contribution in [0.25, 0.3) is 0 Å². The summed E-state index contributed by atoms with van der Waals surface area (Å²) in [5.74, 6) is -0.887. The van der Waals surface area contributed by atoms with Crippen LogP contribution in [0.4, 0.5) is 0 Å². The number of nitrogens with zero attached hydrogens (tertiary/aromatic N) is 3. The first kappa shape index (κ1) is 31.7. The van der Waals surface area contributed by atoms with Crippen LogP contribution >= 0.6 is 11.8 Å². The zero-order valence-corrected chi connectivity index (χ0v) is 25.4. The highest BCUT2D eigenvalue weighted by molar-refractivity contribution is 8.02. The third-order valence-corrected chi connectivity index (χ3v) is 10.9. The first-order valence-corrected chi connectivity index (χ1v) is 16.0. The number of aliphatic hydroxyl groups excluding tert-OH is 1. The van der Waals surface area contributed by atoms with E-state index < -0.39 is 22.6 Å². The maximum atomic E-state index is 14.4. The molecular weight excluding hydrogens is 510 g/mol. The first-order chi connectivity index (χ1) is 18.8. The normalized spacial score (nSPS) is 29.0. The van der Waals surface area contributed by atoms with Crippen LogP contribution in [0.3, 0.4) is 0 Å². The van der Waals surface area contributed by atoms with E-state index in [9.17, 15) is 19.5 Å². The van der Waals surface area contributed by atoms with Gasteiger partial charge in [0.15, 0.2) is 0 Å². The fourth-order valence-electron chi connectivity index (χ4n) is 7.16. The van der Waals surface area contributed by atoms with Gasteiger partial charge in [-0.2, -0.15) is 0 Å². The number of unbranched alkanes of at least 4 members (excludes halogenated alkanes) is 5. The first-order valence-electron chi connectivity index (χ1n) is 15.2. The van der Waals surface area contributed by atoms with Crippen molar-refractivity contribution in [2.24, 2.45) is 11.8 Å². The van der Waals surface area contributed by atoms with E-state index in [-0.39, 0.29) is 29.1 Å². The SMILES string of the molecule is C=CCN(CCCCC)C(=O)C1N(CCCCCCO)C(=O)[C@@H]2[C@H](C(=O)N(CC=C)CCC)[C@]3(C)CCC12S3. The lowest BCUT2D eigenvalue weighted by atomic mass is 9.66. The molecule has 3 fully saturated rings. The molecule has 3 heterocycles. The highest BCUT2D eigenvalue weighted by Crippen LogP contribution is 2.71. The van der Waals surface area contributed by atoms with Crippen molar-refractivity contribution < 1.29 is 19.5 Å². The van der Waals surface area contributed by atoms with E-state index in [2.05, 4.69) is 33.9 Å². The van der Waals surface area contributed by atoms with Gasteiger partial charge in [0.1, 0.15) is 6.04 Å². The Bertz CT molecular complexity index is 897. The van der Waals surface area contributed by atoms with Gasteiger partial charge in [0.05, 0.1) is 16.6 Å². The zero-order chi connectivity index (χ0) is 28.6. The molecule has 5 atom stereocenters. The van der Waals surface area contributed by atoms with E-state index in [0.29, 0.717) is 32.7 Å². The molecule has 220 valence electrons. The molecule has 1 N–H and O–H groups in total. The number of amides is 3. The number of fused-ring (bicyclic) bond motifs is 1. The van der Waals surface area contributed by atoms with E-state index >= 15 is 0 Å². The molecule has 8 heteroatoms. The molecule has 0 radical (unpaired) electrons. The number of hydrogen-bond acceptors (Lipinski definition) is 5. The molecule has 2 bridgehead atoms. The molecule has 0 aromatic carbocycles. The van der Waals surface area contributed by atoms with E-state index in [0.717, 1.165) is 64.2 Å². The van der Waals surface area contributed by atoms with Gasteiger partial charge < -0.3 is 19.8 Å². The third-order valence-electron chi connectivity index (χ3n) is 8.93. The maximum Gasteiger partial charge on any atom is 0.247 e. The minimum absolute atomic E-state index is 0.0126. The smallest absolute Gasteiger partial charge is 0.247 e. The zero-order valence-electron chi connectivity index (χ0n) is 24.5. The number of hydrogen-bond donors (Lipinski definition) is 1. The fraction of sp³-hybridized carbons (Fsp3) is 0.774. The summed E-state index contributed by atoms with van der Waals surface area (Å²) in [4.78, 5) is 48.4. The van der Waals surface area contributed by atoms with Gasteiger partial charge in [0.25, 0.3) is 0 Å². The summed E-state index contributed by atoms with van der Waals surface area (Å²) in [6.45, 7) is 17.0. The van der Waals surface area contributed by atoms with Crippen molar-refractivity contribution in [3.05, 3.63) is 25.3 Å². The highest BCUT2D eigenvalue weighted by atomic mass is 32.2. The summed E-state index contributed by atoms with van der Waals surface area (Å²) in [7, 11) is 0. The molecule has 3 saturated heterocycles. The Hall–Kier alpha value is -1.80. The number of aliphatic hydroxyl groups is 1. The maximum absolute atomic E-state index is 14.4. The van der Waals surface area contributed by atoms with Gasteiger partial charge in [0.2, 0.25) is 17.7 Å². The average Bonchev–Trinajstić information content (AvgIpc) is 3.48. The average molecular weight is 562 g/mol. The molecule has 2 unspecified atom stereocenters. The second-order valence-electron chi connectivity index (χ2n) is 11.7. The number of likely N-dealkylation sites (tertiary alicyclic amines) is 1. The van der Waals surface area contributed by atoms with Gasteiger partial charge in [-0.25, -0.2) is 0 Å². The van der Waals surface area contributed by atoms with Gasteiger partial charge in [0, 0.05) is 44.1 Å². The topological polar surface area (TPSA) is 81.2 Å². The summed E-state index contributed by atoms with van der Waals surface area (Å²) in [6, 6.07) is -0.557. The van der Waals surface area contributed by atoms with Gasteiger partial charge in [-0.3, -0.25) is 14.4 Å². The molecule has 0 aromatic heterocycles. The summed E-state index contributed by atoms with van der Waals surface area (Å²) in [6.07, 6.45) is 12.4. The van der Waals surface area contributed by atoms with Gasteiger partial charge in [-0.1, -0.05) is 51.7 Å². The lowest BCUT2D eigenvalue weighted by Gasteiger charge is -2.38. The van der Waals surface area contributed by atoms with E-state index in [1.165, 1.54) is 0 Å². The number of carbonyl (C=O) groups is 3. The standard InChI is InChI=1S/C31H51N3O4S/c1-6-10-13-21-33(20-9-4)29(38)26-31-17-16-30(5,39-31)24(27(36)32(18-7-2)19-8-3)25(31)28(37)34(26)22-14-11-12-15-23-35/h7,9,24-26,35H,2,4,6,8,10-23H2,1,3,5H3/t24-,25+,26?,30+,31?/m1/s1. The largest absolute Gasteiger partial charge is 0.396 e. The van der Waals surface area contributed by atoms with Crippen molar-refractivity contribution in [3.63, 3.8) is 0 Å². The Balaban J connectivity index is 1.99. The van der Waals surface area contributed by atoms with E-state index in [4.69, 9.17) is 0 Å². The van der Waals surface area contributed by atoms with Gasteiger partial charge in [-0.05, 0) is 45.4 Å². The van der Waals surface area contributed by atoms with Crippen molar-refractivity contribution >= 4 is 29.5 Å². The summed E-state index contributed by atoms with van der Waals surface area (Å²) in [5.41, 5.74) is 0. The third kappa shape index (κ3) is 6.27. The quantitative estimate of drug-likeness (QED) is 0.195. The molecule has 0 aromatic rings. The van der Waals surface area contributed by atoms with E-state index in [1.54, 1.807) is 23.9 Å². The number of carbonyl (C=O) groups excluding carboxylic acids is 3. The Morgan fingerprint density at radius 2 is 1.64 bits per heavy atom. The predicted octanol–water partition coefficient (Wildman–Crippen LogP) is 4.65. The highest BCUT2D eigenvalue weighted by Gasteiger charge is 2.77. The van der Waals surface area contributed by atoms with Crippen molar-refractivity contribution in [3.8, 4) is 0 Å². The fourth-order valence-corrected chi connectivity index (χ4v) is 9.50. The minimum atomic E-state index is -0.579. The lowest BCUT2D eigenvalue weighted by molar-refractivity contribution is -0.145. The van der Waals surface area contributed by atoms with Gasteiger partial charge >= 0.3 is 0 Å². The lowest BCUT2D eigenvalue weighted by Crippen LogP contribution is -2.55. The molecule has 0 saturated carbocycles. The molecular formula is C31H51N3O4S. The molecule has 39 heavy (non-hydrogen) atoms. The molecule has 7 nitrogen and oxygen atoms in total. The van der Waals surface area contributed by atoms with Crippen LogP contribution in [0.5, 0.6) is 0 Å². The van der Waals surface area contributed by atoms with Gasteiger partial charge in [-0.15, -0.1) is 24.9 Å². The Morgan fingerprint density at radius 1 is 0.974 bits per heavy atom. The molecule has 3 aliphatic rings.